The highest BCUT2D eigenvalue weighted by atomic mass is 19.3. The van der Waals surface area contributed by atoms with Crippen LogP contribution in [0.2, 0.25) is 0 Å². The monoisotopic (exact) mass is 233 g/mol. The van der Waals surface area contributed by atoms with E-state index < -0.39 is 39.6 Å². The molecule has 16 heavy (non-hydrogen) atoms. The van der Waals surface area contributed by atoms with Crippen molar-refractivity contribution in [1.29, 1.82) is 0 Å². The number of nitro groups is 1. The number of amides is 1. The molecule has 0 aliphatic carbocycles. The lowest BCUT2D eigenvalue weighted by atomic mass is 10.1. The quantitative estimate of drug-likeness (QED) is 0.576. The maximum Gasteiger partial charge on any atom is 0.333 e. The Morgan fingerprint density at radius 2 is 2.12 bits per heavy atom. The Bertz CT molecular complexity index is 511. The molecule has 0 fully saturated rings. The fourth-order valence-corrected chi connectivity index (χ4v) is 1.07. The fourth-order valence-electron chi connectivity index (χ4n) is 1.07. The molecule has 0 atom stereocenters. The van der Waals surface area contributed by atoms with E-state index in [4.69, 9.17) is 5.73 Å². The molecule has 3 N–H and O–H groups in total. The van der Waals surface area contributed by atoms with Gasteiger partial charge in [0.05, 0.1) is 0 Å². The molecule has 9 heteroatoms. The summed E-state index contributed by atoms with van der Waals surface area (Å²) in [6.45, 7) is 0. The van der Waals surface area contributed by atoms with E-state index >= 15 is 0 Å². The maximum atomic E-state index is 12.4. The van der Waals surface area contributed by atoms with Crippen LogP contribution in [0.15, 0.2) is 11.0 Å². The van der Waals surface area contributed by atoms with Gasteiger partial charge in [-0.15, -0.1) is 0 Å². The molecule has 1 heterocycles. The number of alkyl halides is 2. The largest absolute Gasteiger partial charge is 0.365 e. The Morgan fingerprint density at radius 3 is 2.50 bits per heavy atom. The first kappa shape index (κ1) is 11.8. The number of aromatic nitrogens is 1. The molecular formula is C7H5F2N3O4. The Kier molecular flexibility index (Phi) is 2.97. The van der Waals surface area contributed by atoms with Crippen LogP contribution >= 0.6 is 0 Å². The highest BCUT2D eigenvalue weighted by Gasteiger charge is 2.28. The van der Waals surface area contributed by atoms with E-state index in [0.717, 1.165) is 0 Å². The molecule has 0 bridgehead atoms. The van der Waals surface area contributed by atoms with E-state index in [1.165, 1.54) is 0 Å². The number of primary amides is 1. The Hall–Kier alpha value is -2.32. The smallest absolute Gasteiger partial charge is 0.333 e. The number of nitrogens with two attached hydrogens (primary N) is 1. The van der Waals surface area contributed by atoms with Crippen molar-refractivity contribution in [3.8, 4) is 0 Å². The molecule has 1 rings (SSSR count). The third-order valence-corrected chi connectivity index (χ3v) is 1.76. The van der Waals surface area contributed by atoms with Gasteiger partial charge in [0, 0.05) is 0 Å². The predicted molar refractivity (Wildman–Crippen MR) is 47.2 cm³/mol. The number of halogens is 2. The average Bonchev–Trinajstić information content (AvgIpc) is 2.15. The second-order valence-corrected chi connectivity index (χ2v) is 2.72. The number of rotatable bonds is 3. The van der Waals surface area contributed by atoms with Gasteiger partial charge in [0.1, 0.15) is 11.8 Å². The number of hydrogen-bond donors (Lipinski definition) is 2. The summed E-state index contributed by atoms with van der Waals surface area (Å²) >= 11 is 0. The molecule has 0 radical (unpaired) electrons. The normalized spacial score (nSPS) is 10.4. The van der Waals surface area contributed by atoms with E-state index in [1.807, 2.05) is 4.98 Å². The lowest BCUT2D eigenvalue weighted by molar-refractivity contribution is -0.391. The minimum atomic E-state index is -3.37. The van der Waals surface area contributed by atoms with Gasteiger partial charge in [-0.05, 0) is 4.92 Å². The third-order valence-electron chi connectivity index (χ3n) is 1.76. The number of H-pyrrole nitrogens is 1. The lowest BCUT2D eigenvalue weighted by Crippen LogP contribution is -2.25. The first-order valence-corrected chi connectivity index (χ1v) is 3.84. The molecule has 1 aromatic heterocycles. The number of hydrogen-bond acceptors (Lipinski definition) is 4. The molecular weight excluding hydrogens is 228 g/mol. The second kappa shape index (κ2) is 4.04. The Balaban J connectivity index is 3.61. The van der Waals surface area contributed by atoms with Crippen LogP contribution in [0.5, 0.6) is 0 Å². The Labute approximate surface area is 86.0 Å². The predicted octanol–water partition coefficient (Wildman–Crippen LogP) is 0.320. The van der Waals surface area contributed by atoms with E-state index in [1.54, 1.807) is 0 Å². The van der Waals surface area contributed by atoms with Gasteiger partial charge in [0.2, 0.25) is 5.43 Å². The van der Waals surface area contributed by atoms with Crippen molar-refractivity contribution in [3.05, 3.63) is 37.7 Å². The van der Waals surface area contributed by atoms with Gasteiger partial charge < -0.3 is 15.8 Å². The first-order valence-electron chi connectivity index (χ1n) is 3.84. The van der Waals surface area contributed by atoms with Crippen LogP contribution in [0.25, 0.3) is 0 Å². The SMILES string of the molecule is NC(=O)c1c[nH]c([N+](=O)[O-])c(C(F)F)c1=O. The minimum Gasteiger partial charge on any atom is -0.365 e. The topological polar surface area (TPSA) is 119 Å². The van der Waals surface area contributed by atoms with Crippen LogP contribution in [0, 0.1) is 10.1 Å². The molecule has 86 valence electrons. The number of aromatic amines is 1. The maximum absolute atomic E-state index is 12.4. The van der Waals surface area contributed by atoms with Gasteiger partial charge in [-0.25, -0.2) is 13.8 Å². The van der Waals surface area contributed by atoms with Gasteiger partial charge in [-0.3, -0.25) is 9.59 Å². The molecule has 1 amide bonds. The van der Waals surface area contributed by atoms with Crippen LogP contribution in [-0.4, -0.2) is 15.8 Å². The van der Waals surface area contributed by atoms with Gasteiger partial charge in [0.15, 0.2) is 5.56 Å². The summed E-state index contributed by atoms with van der Waals surface area (Å²) in [7, 11) is 0. The minimum absolute atomic E-state index is 0.634. The van der Waals surface area contributed by atoms with E-state index in [0.29, 0.717) is 6.20 Å². The van der Waals surface area contributed by atoms with E-state index in [2.05, 4.69) is 0 Å². The van der Waals surface area contributed by atoms with Crippen LogP contribution in [0.3, 0.4) is 0 Å². The first-order chi connectivity index (χ1) is 7.36. The van der Waals surface area contributed by atoms with Crippen LogP contribution < -0.4 is 11.2 Å². The van der Waals surface area contributed by atoms with Crippen LogP contribution in [0.4, 0.5) is 14.6 Å². The summed E-state index contributed by atoms with van der Waals surface area (Å²) in [6.07, 6.45) is -2.74. The van der Waals surface area contributed by atoms with Gasteiger partial charge in [0.25, 0.3) is 12.3 Å². The standard InChI is InChI=1S/C7H5F2N3O4/c8-5(9)3-4(13)2(6(10)14)1-11-7(3)12(15)16/h1,5H,(H2,10,14)(H,11,13). The highest BCUT2D eigenvalue weighted by molar-refractivity contribution is 5.92. The molecule has 0 unspecified atom stereocenters. The summed E-state index contributed by atoms with van der Waals surface area (Å²) in [5.41, 5.74) is 1.18. The molecule has 0 aromatic carbocycles. The molecule has 1 aromatic rings. The zero-order valence-corrected chi connectivity index (χ0v) is 7.57. The summed E-state index contributed by atoms with van der Waals surface area (Å²) in [4.78, 5) is 32.9. The van der Waals surface area contributed by atoms with Crippen molar-refractivity contribution in [3.63, 3.8) is 0 Å². The zero-order chi connectivity index (χ0) is 12.5. The number of nitrogens with one attached hydrogen (secondary N) is 1. The summed E-state index contributed by atoms with van der Waals surface area (Å²) in [6, 6.07) is 0. The number of pyridine rings is 1. The van der Waals surface area contributed by atoms with Crippen molar-refractivity contribution in [2.75, 3.05) is 0 Å². The van der Waals surface area contributed by atoms with Crippen molar-refractivity contribution >= 4 is 11.7 Å². The van der Waals surface area contributed by atoms with Crippen molar-refractivity contribution in [1.82, 2.24) is 4.98 Å². The highest BCUT2D eigenvalue weighted by Crippen LogP contribution is 2.23. The second-order valence-electron chi connectivity index (χ2n) is 2.72. The molecule has 0 aliphatic heterocycles. The molecule has 0 spiro atoms. The molecule has 0 aliphatic rings. The Morgan fingerprint density at radius 1 is 1.56 bits per heavy atom. The van der Waals surface area contributed by atoms with Crippen LogP contribution in [0.1, 0.15) is 22.3 Å². The number of carbonyl (C=O) groups excluding carboxylic acids is 1. The van der Waals surface area contributed by atoms with Crippen LogP contribution in [-0.2, 0) is 0 Å². The van der Waals surface area contributed by atoms with Gasteiger partial charge in [-0.1, -0.05) is 0 Å². The molecule has 7 nitrogen and oxygen atoms in total. The average molecular weight is 233 g/mol. The zero-order valence-electron chi connectivity index (χ0n) is 7.57. The fraction of sp³-hybridized carbons (Fsp3) is 0.143. The summed E-state index contributed by atoms with van der Waals surface area (Å²) < 4.78 is 24.8. The van der Waals surface area contributed by atoms with Crippen molar-refractivity contribution in [2.24, 2.45) is 5.73 Å². The summed E-state index contributed by atoms with van der Waals surface area (Å²) in [5, 5.41) is 10.3. The van der Waals surface area contributed by atoms with Crippen molar-refractivity contribution in [2.45, 2.75) is 6.43 Å². The van der Waals surface area contributed by atoms with E-state index in [-0.39, 0.29) is 0 Å². The summed E-state index contributed by atoms with van der Waals surface area (Å²) in [5.74, 6) is -2.39. The number of nitrogens with zero attached hydrogens (tertiary/aromatic N) is 1. The third kappa shape index (κ3) is 1.87. The van der Waals surface area contributed by atoms with Gasteiger partial charge in [-0.2, -0.15) is 0 Å². The molecule has 0 saturated heterocycles. The van der Waals surface area contributed by atoms with Gasteiger partial charge >= 0.3 is 5.82 Å². The lowest BCUT2D eigenvalue weighted by Gasteiger charge is -2.02. The van der Waals surface area contributed by atoms with E-state index in [9.17, 15) is 28.5 Å². The molecule has 0 saturated carbocycles. The van der Waals surface area contributed by atoms with Crippen molar-refractivity contribution < 1.29 is 18.5 Å². The number of carbonyl (C=O) groups is 1.